The largest absolute Gasteiger partial charge is 0.378 e. The highest BCUT2D eigenvalue weighted by Crippen LogP contribution is 2.27. The van der Waals surface area contributed by atoms with Gasteiger partial charge >= 0.3 is 6.01 Å². The van der Waals surface area contributed by atoms with Crippen LogP contribution < -0.4 is 10.6 Å². The first kappa shape index (κ1) is 19.9. The van der Waals surface area contributed by atoms with Gasteiger partial charge in [-0.1, -0.05) is 35.5 Å². The summed E-state index contributed by atoms with van der Waals surface area (Å²) in [6.45, 7) is 2.61. The molecule has 31 heavy (non-hydrogen) atoms. The maximum atomic E-state index is 5.98. The number of aromatic nitrogens is 5. The van der Waals surface area contributed by atoms with Crippen molar-refractivity contribution >= 4 is 12.0 Å². The number of nitrogens with zero attached hydrogens (tertiary/aromatic N) is 6. The number of hydrogen-bond acceptors (Lipinski definition) is 9. The smallest absolute Gasteiger partial charge is 0.324 e. The van der Waals surface area contributed by atoms with Crippen LogP contribution in [0.2, 0.25) is 0 Å². The molecule has 1 saturated heterocycles. The number of hydrogen-bond donors (Lipinski definition) is 1. The van der Waals surface area contributed by atoms with Crippen LogP contribution in [-0.4, -0.2) is 50.9 Å². The van der Waals surface area contributed by atoms with Gasteiger partial charge < -0.3 is 19.9 Å². The summed E-state index contributed by atoms with van der Waals surface area (Å²) in [6.07, 6.45) is 6.92. The topological polar surface area (TPSA) is 116 Å². The van der Waals surface area contributed by atoms with E-state index in [2.05, 4.69) is 30.0 Å². The molecule has 2 aliphatic rings. The Morgan fingerprint density at radius 2 is 1.77 bits per heavy atom. The standard InChI is InChI=1S/C22H27N7O2/c23-21-25-18(13-15-5-2-1-3-6-15)24-19(26-21)20-27-22(31-28-20)29-11-9-16(10-12-29)14-30-17-7-4-8-17/h1-3,5-6,16-17H,4,7-14H2,(H2,23,24,25,26). The molecule has 1 aliphatic heterocycles. The molecule has 0 spiro atoms. The van der Waals surface area contributed by atoms with Crippen molar-refractivity contribution in [3.8, 4) is 11.6 Å². The third-order valence-electron chi connectivity index (χ3n) is 6.02. The van der Waals surface area contributed by atoms with E-state index in [0.29, 0.717) is 41.9 Å². The van der Waals surface area contributed by atoms with E-state index < -0.39 is 0 Å². The second-order valence-corrected chi connectivity index (χ2v) is 8.31. The molecule has 3 aromatic rings. The summed E-state index contributed by atoms with van der Waals surface area (Å²) in [5, 5.41) is 4.09. The minimum atomic E-state index is 0.148. The van der Waals surface area contributed by atoms with E-state index >= 15 is 0 Å². The Morgan fingerprint density at radius 1 is 0.968 bits per heavy atom. The number of nitrogens with two attached hydrogens (primary N) is 1. The zero-order valence-electron chi connectivity index (χ0n) is 17.5. The van der Waals surface area contributed by atoms with E-state index in [9.17, 15) is 0 Å². The maximum absolute atomic E-state index is 5.98. The second-order valence-electron chi connectivity index (χ2n) is 8.31. The van der Waals surface area contributed by atoms with E-state index in [1.807, 2.05) is 30.3 Å². The Balaban J connectivity index is 1.22. The number of benzene rings is 1. The van der Waals surface area contributed by atoms with Crippen molar-refractivity contribution in [1.82, 2.24) is 25.1 Å². The third-order valence-corrected chi connectivity index (χ3v) is 6.02. The Labute approximate surface area is 181 Å². The predicted octanol–water partition coefficient (Wildman–Crippen LogP) is 2.88. The molecule has 0 radical (unpaired) electrons. The van der Waals surface area contributed by atoms with Crippen LogP contribution in [0.1, 0.15) is 43.5 Å². The maximum Gasteiger partial charge on any atom is 0.324 e. The number of anilines is 2. The van der Waals surface area contributed by atoms with Crippen molar-refractivity contribution in [3.05, 3.63) is 41.7 Å². The Hall–Kier alpha value is -3.07. The average molecular weight is 422 g/mol. The molecule has 1 aliphatic carbocycles. The monoisotopic (exact) mass is 421 g/mol. The van der Waals surface area contributed by atoms with Gasteiger partial charge in [-0.25, -0.2) is 4.98 Å². The molecule has 2 aromatic heterocycles. The summed E-state index contributed by atoms with van der Waals surface area (Å²) in [6, 6.07) is 10.5. The van der Waals surface area contributed by atoms with Crippen LogP contribution in [-0.2, 0) is 11.2 Å². The molecular weight excluding hydrogens is 394 g/mol. The van der Waals surface area contributed by atoms with Gasteiger partial charge in [-0.15, -0.1) is 0 Å². The summed E-state index contributed by atoms with van der Waals surface area (Å²) in [7, 11) is 0. The Kier molecular flexibility index (Phi) is 5.75. The highest BCUT2D eigenvalue weighted by molar-refractivity contribution is 5.47. The fourth-order valence-corrected chi connectivity index (χ4v) is 3.93. The lowest BCUT2D eigenvalue weighted by Crippen LogP contribution is -2.36. The van der Waals surface area contributed by atoms with Crippen LogP contribution in [0.15, 0.2) is 34.9 Å². The van der Waals surface area contributed by atoms with Crippen molar-refractivity contribution in [2.75, 3.05) is 30.3 Å². The molecule has 2 N–H and O–H groups in total. The van der Waals surface area contributed by atoms with Crippen molar-refractivity contribution in [3.63, 3.8) is 0 Å². The first-order valence-electron chi connectivity index (χ1n) is 11.0. The van der Waals surface area contributed by atoms with Gasteiger partial charge in [-0.2, -0.15) is 15.0 Å². The lowest BCUT2D eigenvalue weighted by molar-refractivity contribution is -0.0193. The summed E-state index contributed by atoms with van der Waals surface area (Å²) in [4.78, 5) is 19.6. The summed E-state index contributed by atoms with van der Waals surface area (Å²) < 4.78 is 11.5. The molecule has 1 saturated carbocycles. The van der Waals surface area contributed by atoms with E-state index in [1.54, 1.807) is 0 Å². The second kappa shape index (κ2) is 8.97. The van der Waals surface area contributed by atoms with Gasteiger partial charge in [0.2, 0.25) is 17.6 Å². The van der Waals surface area contributed by atoms with Gasteiger partial charge in [0.25, 0.3) is 0 Å². The average Bonchev–Trinajstić information content (AvgIpc) is 3.24. The SMILES string of the molecule is Nc1nc(Cc2ccccc2)nc(-c2noc(N3CCC(COC4CCC4)CC3)n2)n1. The molecule has 1 aromatic carbocycles. The zero-order valence-corrected chi connectivity index (χ0v) is 17.5. The molecule has 9 nitrogen and oxygen atoms in total. The zero-order chi connectivity index (χ0) is 21.0. The first-order chi connectivity index (χ1) is 15.2. The fraction of sp³-hybridized carbons (Fsp3) is 0.500. The number of rotatable bonds is 7. The van der Waals surface area contributed by atoms with Crippen LogP contribution in [0.3, 0.4) is 0 Å². The molecule has 0 unspecified atom stereocenters. The van der Waals surface area contributed by atoms with E-state index in [-0.39, 0.29) is 5.95 Å². The fourth-order valence-electron chi connectivity index (χ4n) is 3.93. The van der Waals surface area contributed by atoms with Gasteiger partial charge in [-0.3, -0.25) is 0 Å². The predicted molar refractivity (Wildman–Crippen MR) is 115 cm³/mol. The molecule has 3 heterocycles. The molecule has 162 valence electrons. The summed E-state index contributed by atoms with van der Waals surface area (Å²) in [5.74, 6) is 1.98. The van der Waals surface area contributed by atoms with E-state index in [4.69, 9.17) is 15.0 Å². The summed E-state index contributed by atoms with van der Waals surface area (Å²) >= 11 is 0. The van der Waals surface area contributed by atoms with Crippen LogP contribution in [0.4, 0.5) is 12.0 Å². The number of nitrogen functional groups attached to an aromatic ring is 1. The first-order valence-corrected chi connectivity index (χ1v) is 11.0. The lowest BCUT2D eigenvalue weighted by Gasteiger charge is -2.33. The lowest BCUT2D eigenvalue weighted by atomic mass is 9.95. The van der Waals surface area contributed by atoms with E-state index in [0.717, 1.165) is 38.1 Å². The minimum absolute atomic E-state index is 0.148. The van der Waals surface area contributed by atoms with Crippen molar-refractivity contribution in [2.45, 2.75) is 44.6 Å². The summed E-state index contributed by atoms with van der Waals surface area (Å²) in [5.41, 5.74) is 7.00. The van der Waals surface area contributed by atoms with Gasteiger partial charge in [0.15, 0.2) is 0 Å². The molecule has 0 bridgehead atoms. The third kappa shape index (κ3) is 4.82. The molecule has 5 rings (SSSR count). The van der Waals surface area contributed by atoms with Crippen molar-refractivity contribution in [1.29, 1.82) is 0 Å². The highest BCUT2D eigenvalue weighted by Gasteiger charge is 2.26. The van der Waals surface area contributed by atoms with Crippen LogP contribution in [0.5, 0.6) is 0 Å². The molecule has 0 atom stereocenters. The quantitative estimate of drug-likeness (QED) is 0.614. The van der Waals surface area contributed by atoms with Gasteiger partial charge in [-0.05, 0) is 43.6 Å². The van der Waals surface area contributed by atoms with Crippen LogP contribution in [0, 0.1) is 5.92 Å². The van der Waals surface area contributed by atoms with Crippen LogP contribution in [0.25, 0.3) is 11.6 Å². The molecular formula is C22H27N7O2. The number of ether oxygens (including phenoxy) is 1. The highest BCUT2D eigenvalue weighted by atomic mass is 16.5. The molecule has 0 amide bonds. The molecule has 2 fully saturated rings. The van der Waals surface area contributed by atoms with Crippen molar-refractivity contribution in [2.24, 2.45) is 5.92 Å². The van der Waals surface area contributed by atoms with Gasteiger partial charge in [0.1, 0.15) is 5.82 Å². The Bertz CT molecular complexity index is 998. The molecule has 9 heteroatoms. The van der Waals surface area contributed by atoms with Crippen molar-refractivity contribution < 1.29 is 9.26 Å². The minimum Gasteiger partial charge on any atom is -0.378 e. The van der Waals surface area contributed by atoms with E-state index in [1.165, 1.54) is 19.3 Å². The van der Waals surface area contributed by atoms with Gasteiger partial charge in [0.05, 0.1) is 6.10 Å². The van der Waals surface area contributed by atoms with Crippen LogP contribution >= 0.6 is 0 Å². The Morgan fingerprint density at radius 3 is 2.52 bits per heavy atom. The van der Waals surface area contributed by atoms with Gasteiger partial charge in [0, 0.05) is 26.1 Å². The normalized spacial score (nSPS) is 17.6. The number of piperidine rings is 1.